The van der Waals surface area contributed by atoms with Crippen LogP contribution in [0.15, 0.2) is 12.7 Å². The van der Waals surface area contributed by atoms with Crippen molar-refractivity contribution in [2.24, 2.45) is 0 Å². The van der Waals surface area contributed by atoms with Crippen LogP contribution in [-0.2, 0) is 33.2 Å². The van der Waals surface area contributed by atoms with E-state index in [0.717, 1.165) is 32.7 Å². The lowest BCUT2D eigenvalue weighted by Crippen LogP contribution is -2.45. The molecule has 3 fully saturated rings. The van der Waals surface area contributed by atoms with Crippen LogP contribution in [0.25, 0.3) is 0 Å². The Hall–Kier alpha value is -0.620. The summed E-state index contributed by atoms with van der Waals surface area (Å²) in [6, 6.07) is 0. The molecule has 3 saturated heterocycles. The number of hydrogen-bond donors (Lipinski definition) is 0. The molecule has 30 heavy (non-hydrogen) atoms. The number of hydrogen-bond acceptors (Lipinski definition) is 9. The minimum absolute atomic E-state index is 0.198. The number of rotatable bonds is 3. The summed E-state index contributed by atoms with van der Waals surface area (Å²) in [5.41, 5.74) is 0. The smallest absolute Gasteiger partial charge is 0.134 e. The molecule has 3 aliphatic rings. The minimum atomic E-state index is -0.198. The summed E-state index contributed by atoms with van der Waals surface area (Å²) in [5, 5.41) is 0. The zero-order chi connectivity index (χ0) is 21.1. The van der Waals surface area contributed by atoms with Gasteiger partial charge in [-0.25, -0.2) is 0 Å². The van der Waals surface area contributed by atoms with E-state index in [1.165, 1.54) is 0 Å². The highest BCUT2D eigenvalue weighted by atomic mass is 16.6. The zero-order valence-electron chi connectivity index (χ0n) is 18.3. The number of ether oxygens (including phenoxy) is 7. The van der Waals surface area contributed by atoms with Gasteiger partial charge in [0.05, 0.1) is 85.9 Å². The number of fused-ring (bicyclic) bond motifs is 21. The molecule has 0 aliphatic carbocycles. The van der Waals surface area contributed by atoms with Gasteiger partial charge in [0.1, 0.15) is 6.23 Å². The van der Waals surface area contributed by atoms with E-state index >= 15 is 0 Å². The Balaban J connectivity index is 2.00. The molecule has 3 heterocycles. The first kappa shape index (κ1) is 25.6. The maximum atomic E-state index is 5.96. The van der Waals surface area contributed by atoms with Crippen molar-refractivity contribution in [3.05, 3.63) is 12.7 Å². The lowest BCUT2D eigenvalue weighted by molar-refractivity contribution is -0.112. The van der Waals surface area contributed by atoms with E-state index in [1.807, 2.05) is 0 Å². The van der Waals surface area contributed by atoms with Crippen molar-refractivity contribution in [1.29, 1.82) is 0 Å². The second-order valence-electron chi connectivity index (χ2n) is 7.09. The second kappa shape index (κ2) is 18.0. The Morgan fingerprint density at radius 1 is 0.633 bits per heavy atom. The SMILES string of the molecule is C=CCOC1COCCOCCN2CCOCCOCCN1CCOCCOCC2. The summed E-state index contributed by atoms with van der Waals surface area (Å²) < 4.78 is 40.6. The van der Waals surface area contributed by atoms with E-state index in [0.29, 0.717) is 85.9 Å². The fourth-order valence-corrected chi connectivity index (χ4v) is 3.17. The summed E-state index contributed by atoms with van der Waals surface area (Å²) >= 11 is 0. The fraction of sp³-hybridized carbons (Fsp3) is 0.905. The van der Waals surface area contributed by atoms with Gasteiger partial charge in [0.15, 0.2) is 0 Å². The molecule has 0 amide bonds. The van der Waals surface area contributed by atoms with E-state index in [2.05, 4.69) is 16.4 Å². The molecule has 176 valence electrons. The predicted molar refractivity (Wildman–Crippen MR) is 113 cm³/mol. The van der Waals surface area contributed by atoms with Crippen molar-refractivity contribution in [3.63, 3.8) is 0 Å². The fourth-order valence-electron chi connectivity index (χ4n) is 3.17. The summed E-state index contributed by atoms with van der Waals surface area (Å²) in [4.78, 5) is 4.49. The van der Waals surface area contributed by atoms with Gasteiger partial charge in [-0.1, -0.05) is 6.08 Å². The van der Waals surface area contributed by atoms with Crippen LogP contribution >= 0.6 is 0 Å². The monoisotopic (exact) mass is 432 g/mol. The second-order valence-corrected chi connectivity index (χ2v) is 7.09. The minimum Gasteiger partial charge on any atom is -0.378 e. The van der Waals surface area contributed by atoms with Gasteiger partial charge < -0.3 is 33.2 Å². The zero-order valence-corrected chi connectivity index (χ0v) is 18.3. The molecule has 9 nitrogen and oxygen atoms in total. The van der Waals surface area contributed by atoms with E-state index in [4.69, 9.17) is 33.2 Å². The molecular weight excluding hydrogens is 392 g/mol. The first-order chi connectivity index (χ1) is 14.9. The molecule has 3 rings (SSSR count). The Labute approximate surface area is 181 Å². The molecule has 3 aliphatic heterocycles. The largest absolute Gasteiger partial charge is 0.378 e. The van der Waals surface area contributed by atoms with Gasteiger partial charge in [0, 0.05) is 32.7 Å². The normalized spacial score (nSPS) is 30.3. The van der Waals surface area contributed by atoms with Crippen molar-refractivity contribution >= 4 is 0 Å². The molecule has 0 radical (unpaired) electrons. The average Bonchev–Trinajstić information content (AvgIpc) is 2.75. The first-order valence-corrected chi connectivity index (χ1v) is 11.1. The Morgan fingerprint density at radius 3 is 1.53 bits per heavy atom. The van der Waals surface area contributed by atoms with Gasteiger partial charge in [0.25, 0.3) is 0 Å². The molecule has 0 saturated carbocycles. The topological polar surface area (TPSA) is 71.1 Å². The van der Waals surface area contributed by atoms with Crippen LogP contribution in [0.1, 0.15) is 0 Å². The Morgan fingerprint density at radius 2 is 1.07 bits per heavy atom. The van der Waals surface area contributed by atoms with E-state index in [9.17, 15) is 0 Å². The summed E-state index contributed by atoms with van der Waals surface area (Å²) in [5.74, 6) is 0. The molecule has 1 atom stereocenters. The van der Waals surface area contributed by atoms with Gasteiger partial charge in [-0.15, -0.1) is 6.58 Å². The van der Waals surface area contributed by atoms with Crippen LogP contribution in [0, 0.1) is 0 Å². The van der Waals surface area contributed by atoms with Crippen LogP contribution in [0.3, 0.4) is 0 Å². The van der Waals surface area contributed by atoms with E-state index in [-0.39, 0.29) is 6.23 Å². The third-order valence-electron chi connectivity index (χ3n) is 4.89. The first-order valence-electron chi connectivity index (χ1n) is 11.1. The van der Waals surface area contributed by atoms with Crippen LogP contribution in [0.4, 0.5) is 0 Å². The van der Waals surface area contributed by atoms with Gasteiger partial charge in [-0.05, 0) is 0 Å². The molecule has 1 unspecified atom stereocenters. The van der Waals surface area contributed by atoms with Crippen LogP contribution < -0.4 is 0 Å². The molecule has 0 N–H and O–H groups in total. The van der Waals surface area contributed by atoms with E-state index < -0.39 is 0 Å². The van der Waals surface area contributed by atoms with Gasteiger partial charge >= 0.3 is 0 Å². The van der Waals surface area contributed by atoms with Gasteiger partial charge in [0.2, 0.25) is 0 Å². The Kier molecular flexibility index (Phi) is 15.4. The average molecular weight is 433 g/mol. The lowest BCUT2D eigenvalue weighted by Gasteiger charge is -2.31. The van der Waals surface area contributed by atoms with Gasteiger partial charge in [-0.3, -0.25) is 9.80 Å². The predicted octanol–water partition coefficient (Wildman–Crippen LogP) is 0.246. The maximum absolute atomic E-state index is 5.96. The highest BCUT2D eigenvalue weighted by Crippen LogP contribution is 2.05. The summed E-state index contributed by atoms with van der Waals surface area (Å²) in [6.45, 7) is 15.2. The van der Waals surface area contributed by atoms with Crippen LogP contribution in [0.2, 0.25) is 0 Å². The molecule has 0 spiro atoms. The Bertz CT molecular complexity index is 397. The third kappa shape index (κ3) is 12.3. The number of nitrogens with zero attached hydrogens (tertiary/aromatic N) is 2. The summed E-state index contributed by atoms with van der Waals surface area (Å²) in [7, 11) is 0. The summed E-state index contributed by atoms with van der Waals surface area (Å²) in [6.07, 6.45) is 1.55. The van der Waals surface area contributed by atoms with E-state index in [1.54, 1.807) is 6.08 Å². The lowest BCUT2D eigenvalue weighted by atomic mass is 10.4. The molecule has 2 bridgehead atoms. The van der Waals surface area contributed by atoms with Crippen molar-refractivity contribution < 1.29 is 33.2 Å². The van der Waals surface area contributed by atoms with Crippen molar-refractivity contribution in [2.75, 3.05) is 119 Å². The van der Waals surface area contributed by atoms with Crippen LogP contribution in [-0.4, -0.2) is 135 Å². The highest BCUT2D eigenvalue weighted by Gasteiger charge is 2.19. The van der Waals surface area contributed by atoms with Crippen molar-refractivity contribution in [3.8, 4) is 0 Å². The molecule has 0 aromatic rings. The molecular formula is C21H40N2O7. The quantitative estimate of drug-likeness (QED) is 0.584. The van der Waals surface area contributed by atoms with Gasteiger partial charge in [-0.2, -0.15) is 0 Å². The van der Waals surface area contributed by atoms with Crippen molar-refractivity contribution in [2.45, 2.75) is 6.23 Å². The highest BCUT2D eigenvalue weighted by molar-refractivity contribution is 4.69. The van der Waals surface area contributed by atoms with Crippen LogP contribution in [0.5, 0.6) is 0 Å². The maximum Gasteiger partial charge on any atom is 0.134 e. The third-order valence-corrected chi connectivity index (χ3v) is 4.89. The van der Waals surface area contributed by atoms with Crippen molar-refractivity contribution in [1.82, 2.24) is 9.80 Å². The molecule has 0 aromatic heterocycles. The molecule has 9 heteroatoms. The standard InChI is InChI=1S/C21H40N2O7/c1-2-8-30-21-20-29-19-18-26-11-5-22-3-9-24-14-16-27-12-6-23(21)7-13-28-17-15-25-10-4-22/h2,21H,1,3-20H2. The molecule has 0 aromatic carbocycles.